The molecule has 3 N–H and O–H groups in total. The van der Waals surface area contributed by atoms with E-state index in [1.165, 1.54) is 36.0 Å². The van der Waals surface area contributed by atoms with Crippen molar-refractivity contribution in [3.05, 3.63) is 78.9 Å². The number of nitrogens with two attached hydrogens (primary N) is 1. The fraction of sp³-hybridized carbons (Fsp3) is 0.120. The molecule has 0 aliphatic carbocycles. The molecule has 0 radical (unpaired) electrons. The molecular weight excluding hydrogens is 470 g/mol. The molecule has 1 atom stereocenters. The minimum atomic E-state index is -3.79. The lowest BCUT2D eigenvalue weighted by molar-refractivity contribution is -0.115. The van der Waals surface area contributed by atoms with Gasteiger partial charge in [-0.25, -0.2) is 18.5 Å². The van der Waals surface area contributed by atoms with E-state index in [-0.39, 0.29) is 10.8 Å². The van der Waals surface area contributed by atoms with Gasteiger partial charge in [0.15, 0.2) is 0 Å². The van der Waals surface area contributed by atoms with Gasteiger partial charge in [0, 0.05) is 17.1 Å². The third-order valence-corrected chi connectivity index (χ3v) is 7.14. The molecule has 4 aromatic rings. The number of hydrogen-bond acceptors (Lipinski definition) is 6. The number of amides is 1. The Balaban J connectivity index is 1.60. The SMILES string of the molecule is COc1ccc2c(-c3ccccc3)cc(SC(C)C(=O)Nc3ccc(S(N)(=O)=O)cc3)nc2c1. The van der Waals surface area contributed by atoms with E-state index in [9.17, 15) is 13.2 Å². The first kappa shape index (κ1) is 23.7. The number of nitrogens with one attached hydrogen (secondary N) is 1. The highest BCUT2D eigenvalue weighted by atomic mass is 32.2. The number of aromatic nitrogens is 1. The maximum atomic E-state index is 12.8. The number of pyridine rings is 1. The third-order valence-electron chi connectivity index (χ3n) is 5.20. The molecule has 1 aromatic heterocycles. The Morgan fingerprint density at radius 1 is 1.03 bits per heavy atom. The number of anilines is 1. The minimum absolute atomic E-state index is 0.0165. The van der Waals surface area contributed by atoms with Crippen molar-refractivity contribution >= 4 is 44.3 Å². The summed E-state index contributed by atoms with van der Waals surface area (Å²) < 4.78 is 28.2. The monoisotopic (exact) mass is 493 g/mol. The van der Waals surface area contributed by atoms with Crippen LogP contribution in [0.1, 0.15) is 6.92 Å². The van der Waals surface area contributed by atoms with Gasteiger partial charge < -0.3 is 10.1 Å². The Hall–Kier alpha value is -3.40. The molecule has 3 aromatic carbocycles. The van der Waals surface area contributed by atoms with Gasteiger partial charge in [-0.1, -0.05) is 42.1 Å². The third kappa shape index (κ3) is 5.39. The zero-order chi connectivity index (χ0) is 24.3. The van der Waals surface area contributed by atoms with E-state index in [1.54, 1.807) is 14.0 Å². The summed E-state index contributed by atoms with van der Waals surface area (Å²) in [5.74, 6) is 0.469. The molecule has 0 aliphatic rings. The van der Waals surface area contributed by atoms with E-state index in [1.807, 2.05) is 54.6 Å². The normalized spacial score (nSPS) is 12.3. The van der Waals surface area contributed by atoms with Crippen molar-refractivity contribution < 1.29 is 17.9 Å². The van der Waals surface area contributed by atoms with Crippen molar-refractivity contribution in [1.29, 1.82) is 0 Å². The van der Waals surface area contributed by atoms with Crippen molar-refractivity contribution in [2.45, 2.75) is 22.1 Å². The molecule has 0 saturated carbocycles. The highest BCUT2D eigenvalue weighted by Gasteiger charge is 2.18. The average molecular weight is 494 g/mol. The van der Waals surface area contributed by atoms with Crippen LogP contribution in [0.4, 0.5) is 5.69 Å². The van der Waals surface area contributed by atoms with Crippen LogP contribution in [-0.4, -0.2) is 31.7 Å². The minimum Gasteiger partial charge on any atom is -0.497 e. The second-order valence-electron chi connectivity index (χ2n) is 7.58. The number of sulfonamides is 1. The summed E-state index contributed by atoms with van der Waals surface area (Å²) in [5.41, 5.74) is 3.32. The summed E-state index contributed by atoms with van der Waals surface area (Å²) in [6, 6.07) is 23.5. The maximum absolute atomic E-state index is 12.8. The molecule has 0 spiro atoms. The van der Waals surface area contributed by atoms with Crippen molar-refractivity contribution in [2.75, 3.05) is 12.4 Å². The molecule has 1 heterocycles. The summed E-state index contributed by atoms with van der Waals surface area (Å²) in [6.07, 6.45) is 0. The number of methoxy groups -OCH3 is 1. The van der Waals surface area contributed by atoms with E-state index >= 15 is 0 Å². The van der Waals surface area contributed by atoms with E-state index in [0.29, 0.717) is 16.5 Å². The molecule has 0 bridgehead atoms. The van der Waals surface area contributed by atoms with E-state index in [0.717, 1.165) is 22.0 Å². The number of ether oxygens (including phenoxy) is 1. The maximum Gasteiger partial charge on any atom is 0.238 e. The number of fused-ring (bicyclic) bond motifs is 1. The van der Waals surface area contributed by atoms with Gasteiger partial charge in [0.2, 0.25) is 15.9 Å². The van der Waals surface area contributed by atoms with Crippen LogP contribution in [0.25, 0.3) is 22.0 Å². The molecule has 0 aliphatic heterocycles. The van der Waals surface area contributed by atoms with Crippen LogP contribution in [-0.2, 0) is 14.8 Å². The van der Waals surface area contributed by atoms with Crippen LogP contribution in [0.5, 0.6) is 5.75 Å². The fourth-order valence-electron chi connectivity index (χ4n) is 3.43. The largest absolute Gasteiger partial charge is 0.497 e. The zero-order valence-corrected chi connectivity index (χ0v) is 20.2. The summed E-state index contributed by atoms with van der Waals surface area (Å²) in [4.78, 5) is 17.5. The lowest BCUT2D eigenvalue weighted by atomic mass is 10.0. The Morgan fingerprint density at radius 2 is 1.74 bits per heavy atom. The molecule has 1 amide bonds. The molecule has 174 valence electrons. The predicted octanol–water partition coefficient (Wildman–Crippen LogP) is 4.68. The number of hydrogen-bond donors (Lipinski definition) is 2. The number of rotatable bonds is 7. The molecular formula is C25H23N3O4S2. The summed E-state index contributed by atoms with van der Waals surface area (Å²) >= 11 is 1.34. The van der Waals surface area contributed by atoms with Crippen LogP contribution < -0.4 is 15.2 Å². The van der Waals surface area contributed by atoms with Crippen molar-refractivity contribution in [2.24, 2.45) is 5.14 Å². The second kappa shape index (κ2) is 9.84. The number of nitrogens with zero attached hydrogens (tertiary/aromatic N) is 1. The van der Waals surface area contributed by atoms with Gasteiger partial charge in [0.05, 0.1) is 27.8 Å². The average Bonchev–Trinajstić information content (AvgIpc) is 2.83. The molecule has 0 saturated heterocycles. The van der Waals surface area contributed by atoms with Gasteiger partial charge in [0.25, 0.3) is 0 Å². The number of benzene rings is 3. The zero-order valence-electron chi connectivity index (χ0n) is 18.6. The van der Waals surface area contributed by atoms with Crippen molar-refractivity contribution in [1.82, 2.24) is 4.98 Å². The lowest BCUT2D eigenvalue weighted by Gasteiger charge is -2.14. The highest BCUT2D eigenvalue weighted by Crippen LogP contribution is 2.34. The van der Waals surface area contributed by atoms with Gasteiger partial charge in [-0.3, -0.25) is 4.79 Å². The van der Waals surface area contributed by atoms with Gasteiger partial charge in [-0.15, -0.1) is 0 Å². The van der Waals surface area contributed by atoms with Crippen molar-refractivity contribution in [3.8, 4) is 16.9 Å². The van der Waals surface area contributed by atoms with Crippen molar-refractivity contribution in [3.63, 3.8) is 0 Å². The van der Waals surface area contributed by atoms with Crippen LogP contribution in [0.2, 0.25) is 0 Å². The molecule has 34 heavy (non-hydrogen) atoms. The van der Waals surface area contributed by atoms with Gasteiger partial charge in [0.1, 0.15) is 5.75 Å². The first-order valence-corrected chi connectivity index (χ1v) is 12.8. The van der Waals surface area contributed by atoms with Crippen LogP contribution in [0, 0.1) is 0 Å². The second-order valence-corrected chi connectivity index (χ2v) is 10.5. The summed E-state index contributed by atoms with van der Waals surface area (Å²) in [6.45, 7) is 1.79. The predicted molar refractivity (Wildman–Crippen MR) is 135 cm³/mol. The molecule has 9 heteroatoms. The van der Waals surface area contributed by atoms with E-state index in [2.05, 4.69) is 5.32 Å². The summed E-state index contributed by atoms with van der Waals surface area (Å²) in [5, 5.41) is 9.15. The Labute approximate surface area is 202 Å². The number of carbonyl (C=O) groups is 1. The number of carbonyl (C=O) groups excluding carboxylic acids is 1. The van der Waals surface area contributed by atoms with Gasteiger partial charge >= 0.3 is 0 Å². The Morgan fingerprint density at radius 3 is 2.38 bits per heavy atom. The van der Waals surface area contributed by atoms with Crippen LogP contribution >= 0.6 is 11.8 Å². The highest BCUT2D eigenvalue weighted by molar-refractivity contribution is 8.00. The quantitative estimate of drug-likeness (QED) is 0.362. The first-order valence-electron chi connectivity index (χ1n) is 10.4. The molecule has 0 fully saturated rings. The number of thioether (sulfide) groups is 1. The fourth-order valence-corrected chi connectivity index (χ4v) is 4.81. The molecule has 1 unspecified atom stereocenters. The lowest BCUT2D eigenvalue weighted by Crippen LogP contribution is -2.22. The first-order chi connectivity index (χ1) is 16.2. The van der Waals surface area contributed by atoms with Gasteiger partial charge in [-0.2, -0.15) is 0 Å². The smallest absolute Gasteiger partial charge is 0.238 e. The topological polar surface area (TPSA) is 111 Å². The van der Waals surface area contributed by atoms with Gasteiger partial charge in [-0.05, 0) is 60.5 Å². The van der Waals surface area contributed by atoms with E-state index in [4.69, 9.17) is 14.9 Å². The standard InChI is InChI=1S/C25H23N3O4S2/c1-16(25(29)27-18-8-11-20(12-9-18)34(26,30)31)33-24-15-22(17-6-4-3-5-7-17)21-13-10-19(32-2)14-23(21)28-24/h3-16H,1-2H3,(H,27,29)(H2,26,30,31). The number of primary sulfonamides is 1. The van der Waals surface area contributed by atoms with Crippen LogP contribution in [0.3, 0.4) is 0 Å². The Kier molecular flexibility index (Phi) is 6.87. The summed E-state index contributed by atoms with van der Waals surface area (Å²) in [7, 11) is -2.18. The van der Waals surface area contributed by atoms with E-state index < -0.39 is 15.3 Å². The Bertz CT molecular complexity index is 1440. The molecule has 7 nitrogen and oxygen atoms in total. The molecule has 4 rings (SSSR count). The van der Waals surface area contributed by atoms with Crippen LogP contribution in [0.15, 0.2) is 88.8 Å².